The van der Waals surface area contributed by atoms with Crippen LogP contribution in [0.3, 0.4) is 0 Å². The van der Waals surface area contributed by atoms with Crippen LogP contribution in [0.4, 0.5) is 0 Å². The van der Waals surface area contributed by atoms with E-state index in [1.807, 2.05) is 0 Å². The molecule has 7 nitrogen and oxygen atoms in total. The van der Waals surface area contributed by atoms with Crippen LogP contribution in [0, 0.1) is 6.92 Å². The predicted molar refractivity (Wildman–Crippen MR) is 64.8 cm³/mol. The molecule has 0 N–H and O–H groups in total. The van der Waals surface area contributed by atoms with Gasteiger partial charge in [0.2, 0.25) is 10.0 Å². The molecule has 0 aliphatic heterocycles. The molecule has 0 aliphatic rings. The van der Waals surface area contributed by atoms with Gasteiger partial charge in [-0.25, -0.2) is 8.42 Å². The van der Waals surface area contributed by atoms with Crippen LogP contribution in [-0.2, 0) is 26.6 Å². The lowest BCUT2D eigenvalue weighted by atomic mass is 10.5. The fourth-order valence-corrected chi connectivity index (χ4v) is 3.20. The minimum atomic E-state index is -3.87. The minimum absolute atomic E-state index is 0.00390. The molecule has 1 rings (SSSR count). The van der Waals surface area contributed by atoms with Crippen molar-refractivity contribution in [3.63, 3.8) is 0 Å². The summed E-state index contributed by atoms with van der Waals surface area (Å²) in [6, 6.07) is 0. The van der Waals surface area contributed by atoms with Crippen molar-refractivity contribution < 1.29 is 17.9 Å². The quantitative estimate of drug-likeness (QED) is 0.740. The molecule has 0 fully saturated rings. The van der Waals surface area contributed by atoms with Crippen molar-refractivity contribution in [2.24, 2.45) is 7.05 Å². The van der Waals surface area contributed by atoms with Crippen LogP contribution in [0.1, 0.15) is 5.69 Å². The molecule has 18 heavy (non-hydrogen) atoms. The number of carbonyl (C=O) groups excluding carboxylic acids is 1. The first-order valence-corrected chi connectivity index (χ1v) is 6.75. The Morgan fingerprint density at radius 1 is 1.56 bits per heavy atom. The number of aryl methyl sites for hydroxylation is 2. The first-order valence-electron chi connectivity index (χ1n) is 4.94. The molecule has 0 amide bonds. The second-order valence-corrected chi connectivity index (χ2v) is 6.01. The van der Waals surface area contributed by atoms with Gasteiger partial charge < -0.3 is 4.74 Å². The number of rotatable bonds is 4. The molecule has 0 saturated heterocycles. The number of aromatic nitrogens is 2. The summed E-state index contributed by atoms with van der Waals surface area (Å²) < 4.78 is 31.0. The van der Waals surface area contributed by atoms with E-state index in [1.54, 1.807) is 0 Å². The number of ether oxygens (including phenoxy) is 1. The van der Waals surface area contributed by atoms with Crippen molar-refractivity contribution in [1.29, 1.82) is 0 Å². The molecular formula is C9H14ClN3O4S. The number of carbonyl (C=O) groups is 1. The van der Waals surface area contributed by atoms with Gasteiger partial charge in [0.1, 0.15) is 16.6 Å². The maximum absolute atomic E-state index is 12.2. The first kappa shape index (κ1) is 14.9. The van der Waals surface area contributed by atoms with E-state index in [0.717, 1.165) is 4.31 Å². The summed E-state index contributed by atoms with van der Waals surface area (Å²) >= 11 is 5.89. The number of esters is 1. The lowest BCUT2D eigenvalue weighted by molar-refractivity contribution is -0.140. The Hall–Kier alpha value is -1.12. The van der Waals surface area contributed by atoms with Crippen LogP contribution in [0.2, 0.25) is 5.15 Å². The van der Waals surface area contributed by atoms with Gasteiger partial charge in [0, 0.05) is 14.1 Å². The highest BCUT2D eigenvalue weighted by atomic mass is 35.5. The Morgan fingerprint density at radius 3 is 2.50 bits per heavy atom. The van der Waals surface area contributed by atoms with E-state index in [4.69, 9.17) is 11.6 Å². The second-order valence-electron chi connectivity index (χ2n) is 3.67. The highest BCUT2D eigenvalue weighted by molar-refractivity contribution is 7.89. The van der Waals surface area contributed by atoms with Crippen molar-refractivity contribution in [3.8, 4) is 0 Å². The predicted octanol–water partition coefficient (Wildman–Crippen LogP) is 0.175. The number of hydrogen-bond acceptors (Lipinski definition) is 5. The maximum Gasteiger partial charge on any atom is 0.321 e. The number of sulfonamides is 1. The van der Waals surface area contributed by atoms with Gasteiger partial charge in [-0.3, -0.25) is 9.48 Å². The summed E-state index contributed by atoms with van der Waals surface area (Å²) in [6.07, 6.45) is 0. The molecule has 0 unspecified atom stereocenters. The normalized spacial score (nSPS) is 11.9. The van der Waals surface area contributed by atoms with Crippen LogP contribution in [0.5, 0.6) is 0 Å². The van der Waals surface area contributed by atoms with Crippen molar-refractivity contribution in [2.75, 3.05) is 20.7 Å². The number of nitrogens with zero attached hydrogens (tertiary/aromatic N) is 3. The van der Waals surface area contributed by atoms with Gasteiger partial charge >= 0.3 is 5.97 Å². The Kier molecular flexibility index (Phi) is 4.36. The van der Waals surface area contributed by atoms with Crippen LogP contribution in [0.15, 0.2) is 4.90 Å². The zero-order valence-corrected chi connectivity index (χ0v) is 12.0. The molecule has 0 aliphatic carbocycles. The van der Waals surface area contributed by atoms with Crippen molar-refractivity contribution in [3.05, 3.63) is 10.8 Å². The summed E-state index contributed by atoms with van der Waals surface area (Å²) in [5.74, 6) is -0.654. The maximum atomic E-state index is 12.2. The molecule has 0 radical (unpaired) electrons. The molecule has 1 aromatic rings. The largest absolute Gasteiger partial charge is 0.468 e. The van der Waals surface area contributed by atoms with Gasteiger partial charge in [-0.05, 0) is 6.92 Å². The third-order valence-corrected chi connectivity index (χ3v) is 4.85. The fraction of sp³-hybridized carbons (Fsp3) is 0.556. The SMILES string of the molecule is COC(=O)CN(C)S(=O)(=O)c1c(C)nn(C)c1Cl. The zero-order chi connectivity index (χ0) is 14.1. The Labute approximate surface area is 110 Å². The van der Waals surface area contributed by atoms with Crippen LogP contribution < -0.4 is 0 Å². The minimum Gasteiger partial charge on any atom is -0.468 e. The van der Waals surface area contributed by atoms with Gasteiger partial charge in [-0.1, -0.05) is 11.6 Å². The highest BCUT2D eigenvalue weighted by Gasteiger charge is 2.30. The molecule has 0 saturated carbocycles. The molecule has 102 valence electrons. The molecule has 9 heteroatoms. The van der Waals surface area contributed by atoms with Crippen LogP contribution >= 0.6 is 11.6 Å². The first-order chi connectivity index (χ1) is 8.21. The average Bonchev–Trinajstić information content (AvgIpc) is 2.52. The van der Waals surface area contributed by atoms with Gasteiger partial charge in [0.05, 0.1) is 12.8 Å². The van der Waals surface area contributed by atoms with Gasteiger partial charge in [-0.2, -0.15) is 9.40 Å². The Morgan fingerprint density at radius 2 is 2.11 bits per heavy atom. The summed E-state index contributed by atoms with van der Waals surface area (Å²) in [4.78, 5) is 11.0. The van der Waals surface area contributed by atoms with E-state index in [2.05, 4.69) is 9.84 Å². The lowest BCUT2D eigenvalue weighted by Gasteiger charge is -2.15. The van der Waals surface area contributed by atoms with Crippen molar-refractivity contribution in [1.82, 2.24) is 14.1 Å². The van der Waals surface area contributed by atoms with E-state index >= 15 is 0 Å². The van der Waals surface area contributed by atoms with E-state index < -0.39 is 16.0 Å². The molecule has 0 bridgehead atoms. The summed E-state index contributed by atoms with van der Waals surface area (Å²) in [5, 5.41) is 3.93. The Balaban J connectivity index is 3.17. The molecule has 1 heterocycles. The van der Waals surface area contributed by atoms with Gasteiger partial charge in [-0.15, -0.1) is 0 Å². The highest BCUT2D eigenvalue weighted by Crippen LogP contribution is 2.26. The average molecular weight is 296 g/mol. The number of halogens is 1. The van der Waals surface area contributed by atoms with Crippen LogP contribution in [-0.4, -0.2) is 49.2 Å². The molecule has 0 atom stereocenters. The topological polar surface area (TPSA) is 81.5 Å². The van der Waals surface area contributed by atoms with E-state index in [-0.39, 0.29) is 22.3 Å². The number of methoxy groups -OCH3 is 1. The summed E-state index contributed by atoms with van der Waals surface area (Å²) in [5.41, 5.74) is 0.277. The fourth-order valence-electron chi connectivity index (χ4n) is 1.39. The third kappa shape index (κ3) is 2.65. The molecule has 1 aromatic heterocycles. The van der Waals surface area contributed by atoms with Crippen molar-refractivity contribution in [2.45, 2.75) is 11.8 Å². The summed E-state index contributed by atoms with van der Waals surface area (Å²) in [7, 11) is 0.127. The van der Waals surface area contributed by atoms with Gasteiger partial charge in [0.25, 0.3) is 0 Å². The van der Waals surface area contributed by atoms with E-state index in [9.17, 15) is 13.2 Å². The molecule has 0 aromatic carbocycles. The van der Waals surface area contributed by atoms with Crippen molar-refractivity contribution >= 4 is 27.6 Å². The lowest BCUT2D eigenvalue weighted by Crippen LogP contribution is -2.33. The van der Waals surface area contributed by atoms with E-state index in [1.165, 1.54) is 32.8 Å². The Bertz CT molecular complexity index is 567. The zero-order valence-electron chi connectivity index (χ0n) is 10.5. The number of likely N-dealkylation sites (N-methyl/N-ethyl adjacent to an activating group) is 1. The second kappa shape index (κ2) is 5.25. The third-order valence-electron chi connectivity index (χ3n) is 2.35. The van der Waals surface area contributed by atoms with Crippen LogP contribution in [0.25, 0.3) is 0 Å². The monoisotopic (exact) mass is 295 g/mol. The standard InChI is InChI=1S/C9H14ClN3O4S/c1-6-8(9(10)13(3)11-6)18(15,16)12(2)5-7(14)17-4/h5H2,1-4H3. The number of hydrogen-bond donors (Lipinski definition) is 0. The summed E-state index contributed by atoms with van der Waals surface area (Å²) in [6.45, 7) is 1.15. The smallest absolute Gasteiger partial charge is 0.321 e. The molecular weight excluding hydrogens is 282 g/mol. The van der Waals surface area contributed by atoms with E-state index in [0.29, 0.717) is 0 Å². The molecule has 0 spiro atoms. The van der Waals surface area contributed by atoms with Gasteiger partial charge in [0.15, 0.2) is 0 Å².